The number of aliphatic hydroxyl groups excluding tert-OH is 1. The predicted octanol–water partition coefficient (Wildman–Crippen LogP) is 4.43. The third-order valence-electron chi connectivity index (χ3n) is 8.97. The molecule has 6 rings (SSSR count). The van der Waals surface area contributed by atoms with Gasteiger partial charge in [-0.15, -0.1) is 0 Å². The van der Waals surface area contributed by atoms with Gasteiger partial charge in [-0.2, -0.15) is 15.8 Å². The van der Waals surface area contributed by atoms with Crippen LogP contribution < -0.4 is 5.32 Å². The summed E-state index contributed by atoms with van der Waals surface area (Å²) in [5.41, 5.74) is 8.20. The number of amides is 1. The molecule has 0 spiro atoms. The Morgan fingerprint density at radius 1 is 0.652 bits per heavy atom. The first kappa shape index (κ1) is 52.6. The Hall–Kier alpha value is -7.76. The number of rotatable bonds is 12. The molecule has 2 unspecified atom stereocenters. The molecular weight excluding hydrogens is 853 g/mol. The molecule has 20 nitrogen and oxygen atoms in total. The first-order valence-corrected chi connectivity index (χ1v) is 21.0. The Balaban J connectivity index is 0.000000281. The summed E-state index contributed by atoms with van der Waals surface area (Å²) in [7, 11) is 0. The number of aldehydes is 1. The minimum absolute atomic E-state index is 0.00266. The van der Waals surface area contributed by atoms with Crippen LogP contribution in [0.2, 0.25) is 0 Å². The van der Waals surface area contributed by atoms with Crippen LogP contribution in [0.3, 0.4) is 0 Å². The van der Waals surface area contributed by atoms with Gasteiger partial charge in [0.1, 0.15) is 18.2 Å². The van der Waals surface area contributed by atoms with Crippen LogP contribution in [-0.4, -0.2) is 95.8 Å². The molecule has 20 heteroatoms. The third kappa shape index (κ3) is 17.8. The van der Waals surface area contributed by atoms with Gasteiger partial charge in [0, 0.05) is 19.0 Å². The van der Waals surface area contributed by atoms with E-state index in [0.717, 1.165) is 49.9 Å². The molecule has 2 atom stereocenters. The number of nitrogens with zero attached hydrogens (tertiary/aromatic N) is 9. The first-order chi connectivity index (χ1) is 31.5. The molecule has 4 aromatic rings. The van der Waals surface area contributed by atoms with E-state index in [0.29, 0.717) is 17.1 Å². The smallest absolute Gasteiger partial charge is 0.412 e. The maximum Gasteiger partial charge on any atom is 0.412 e. The summed E-state index contributed by atoms with van der Waals surface area (Å²) in [4.78, 5) is 79.8. The van der Waals surface area contributed by atoms with Gasteiger partial charge in [-0.05, 0) is 109 Å². The molecule has 66 heavy (non-hydrogen) atoms. The highest BCUT2D eigenvalue weighted by Gasteiger charge is 2.30. The normalized spacial score (nSPS) is 12.5. The lowest BCUT2D eigenvalue weighted by Crippen LogP contribution is -2.34. The van der Waals surface area contributed by atoms with E-state index in [4.69, 9.17) is 30.0 Å². The number of carbonyl (C=O) groups is 5. The monoisotopic (exact) mass is 904 g/mol. The van der Waals surface area contributed by atoms with Crippen molar-refractivity contribution < 1.29 is 48.0 Å². The molecule has 1 aromatic carbocycles. The van der Waals surface area contributed by atoms with Crippen LogP contribution >= 0.6 is 0 Å². The number of hydrogen-bond acceptors (Lipinski definition) is 19. The van der Waals surface area contributed by atoms with E-state index in [-0.39, 0.29) is 48.8 Å². The van der Waals surface area contributed by atoms with Gasteiger partial charge in [0.15, 0.2) is 23.2 Å². The van der Waals surface area contributed by atoms with E-state index < -0.39 is 36.2 Å². The summed E-state index contributed by atoms with van der Waals surface area (Å²) < 4.78 is 20.1. The number of carbonyl (C=O) groups excluding carboxylic acids is 5. The number of benzene rings is 1. The van der Waals surface area contributed by atoms with Crippen molar-refractivity contribution in [1.29, 1.82) is 15.8 Å². The van der Waals surface area contributed by atoms with Crippen LogP contribution in [0.15, 0.2) is 43.2 Å². The summed E-state index contributed by atoms with van der Waals surface area (Å²) in [6.45, 7) is 12.1. The standard InChI is InChI=1S/C24H26N4O4.C11H13N3O3.C6H5N3.C5H8O3/c1-14(2)31-23(29)21(10-17-12-27-18(11-25)13-26-17)32-24(30)28-22-19-7-3-5-15(19)9-16-6-4-8-20(16)22;1-7(2)17-11(16)10(15)3-8-5-14-9(4-12)6-13-8;1-5-3-9-6(2-7)4-8-5;1-4(2)8-5(7)3-6/h9,12-14,21H,3-8,10H2,1-2H3,(H,28,30);5-7,10,15H,3H2,1-2H3;3-4H,1H3;3-4H,1-2H3. The lowest BCUT2D eigenvalue weighted by molar-refractivity contribution is -0.158. The van der Waals surface area contributed by atoms with Gasteiger partial charge in [0.05, 0.1) is 72.1 Å². The number of fused-ring (bicyclic) bond motifs is 2. The second-order valence-electron chi connectivity index (χ2n) is 15.4. The van der Waals surface area contributed by atoms with Crippen LogP contribution in [-0.2, 0) is 76.7 Å². The maximum absolute atomic E-state index is 12.9. The fourth-order valence-electron chi connectivity index (χ4n) is 6.24. The summed E-state index contributed by atoms with van der Waals surface area (Å²) in [6, 6.07) is 7.89. The summed E-state index contributed by atoms with van der Waals surface area (Å²) >= 11 is 0. The molecule has 0 bridgehead atoms. The SMILES string of the molecule is CC(C)OC(=O)C(Cc1cnc(C#N)cn1)OC(=O)Nc1c2c(cc3c1CCC3)CCC2.CC(C)OC(=O)C(O)Cc1cnc(C#N)cn1.CC(C)OC(=O)C=O.Cc1cnc(C#N)cn1. The van der Waals surface area contributed by atoms with Crippen molar-refractivity contribution in [2.75, 3.05) is 5.32 Å². The minimum Gasteiger partial charge on any atom is -0.461 e. The fraction of sp³-hybridized carbons (Fsp3) is 0.435. The molecule has 0 fully saturated rings. The fourth-order valence-corrected chi connectivity index (χ4v) is 6.24. The van der Waals surface area contributed by atoms with E-state index >= 15 is 0 Å². The van der Waals surface area contributed by atoms with Crippen molar-refractivity contribution in [2.45, 2.75) is 130 Å². The van der Waals surface area contributed by atoms with Gasteiger partial charge in [-0.1, -0.05) is 6.07 Å². The lowest BCUT2D eigenvalue weighted by Gasteiger charge is -2.20. The number of esters is 3. The van der Waals surface area contributed by atoms with Gasteiger partial charge >= 0.3 is 24.0 Å². The molecule has 0 aliphatic heterocycles. The molecule has 346 valence electrons. The number of nitriles is 3. The number of aliphatic hydroxyl groups is 1. The highest BCUT2D eigenvalue weighted by molar-refractivity contribution is 6.20. The van der Waals surface area contributed by atoms with Crippen LogP contribution in [0.4, 0.5) is 10.5 Å². The van der Waals surface area contributed by atoms with Crippen molar-refractivity contribution in [1.82, 2.24) is 29.9 Å². The van der Waals surface area contributed by atoms with Crippen LogP contribution in [0.1, 0.15) is 111 Å². The number of aryl methyl sites for hydroxylation is 3. The quantitative estimate of drug-likeness (QED) is 0.0859. The number of anilines is 1. The van der Waals surface area contributed by atoms with Crippen molar-refractivity contribution in [3.05, 3.63) is 99.7 Å². The summed E-state index contributed by atoms with van der Waals surface area (Å²) in [6.07, 6.45) is 10.6. The highest BCUT2D eigenvalue weighted by Crippen LogP contribution is 2.38. The number of nitrogens with one attached hydrogen (secondary N) is 1. The van der Waals surface area contributed by atoms with Crippen molar-refractivity contribution >= 4 is 36.0 Å². The predicted molar refractivity (Wildman–Crippen MR) is 233 cm³/mol. The summed E-state index contributed by atoms with van der Waals surface area (Å²) in [5, 5.41) is 38.2. The van der Waals surface area contributed by atoms with Gasteiger partial charge in [0.2, 0.25) is 12.4 Å². The zero-order chi connectivity index (χ0) is 48.8. The molecule has 1 amide bonds. The minimum atomic E-state index is -1.26. The molecule has 2 aliphatic carbocycles. The molecule has 3 heterocycles. The zero-order valence-corrected chi connectivity index (χ0v) is 37.8. The average Bonchev–Trinajstić information content (AvgIpc) is 3.97. The van der Waals surface area contributed by atoms with Crippen molar-refractivity contribution in [3.63, 3.8) is 0 Å². The number of ether oxygens (including phenoxy) is 4. The topological polar surface area (TPSA) is 303 Å². The molecule has 3 aromatic heterocycles. The Morgan fingerprint density at radius 2 is 1.12 bits per heavy atom. The molecule has 0 saturated heterocycles. The number of hydrogen-bond donors (Lipinski definition) is 2. The molecule has 2 N–H and O–H groups in total. The van der Waals surface area contributed by atoms with Gasteiger partial charge < -0.3 is 24.1 Å². The van der Waals surface area contributed by atoms with Gasteiger partial charge in [0.25, 0.3) is 0 Å². The Labute approximate surface area is 382 Å². The largest absolute Gasteiger partial charge is 0.461 e. The van der Waals surface area contributed by atoms with Crippen LogP contribution in [0, 0.1) is 40.9 Å². The maximum atomic E-state index is 12.9. The van der Waals surface area contributed by atoms with E-state index in [9.17, 15) is 29.1 Å². The zero-order valence-electron chi connectivity index (χ0n) is 37.8. The van der Waals surface area contributed by atoms with Crippen LogP contribution in [0.25, 0.3) is 0 Å². The van der Waals surface area contributed by atoms with Crippen molar-refractivity contribution in [3.8, 4) is 18.2 Å². The second kappa shape index (κ2) is 26.8. The average molecular weight is 905 g/mol. The summed E-state index contributed by atoms with van der Waals surface area (Å²) in [5.74, 6) is -2.14. The molecular formula is C46H52N10O10. The van der Waals surface area contributed by atoms with Crippen molar-refractivity contribution in [2.24, 2.45) is 0 Å². The molecule has 2 aliphatic rings. The Morgan fingerprint density at radius 3 is 1.53 bits per heavy atom. The first-order valence-electron chi connectivity index (χ1n) is 21.0. The second-order valence-corrected chi connectivity index (χ2v) is 15.4. The van der Waals surface area contributed by atoms with Gasteiger partial charge in [-0.3, -0.25) is 25.1 Å². The van der Waals surface area contributed by atoms with E-state index in [1.807, 2.05) is 25.1 Å². The van der Waals surface area contributed by atoms with E-state index in [2.05, 4.69) is 46.0 Å². The van der Waals surface area contributed by atoms with E-state index in [1.54, 1.807) is 47.7 Å². The Kier molecular flexibility index (Phi) is 21.3. The molecule has 0 radical (unpaired) electrons. The number of aromatic nitrogens is 6. The Bertz CT molecular complexity index is 2370. The van der Waals surface area contributed by atoms with Gasteiger partial charge in [-0.25, -0.2) is 34.1 Å². The van der Waals surface area contributed by atoms with E-state index in [1.165, 1.54) is 53.2 Å². The highest BCUT2D eigenvalue weighted by atomic mass is 16.6. The molecule has 0 saturated carbocycles. The lowest BCUT2D eigenvalue weighted by atomic mass is 9.99. The van der Waals surface area contributed by atoms with Crippen LogP contribution in [0.5, 0.6) is 0 Å². The third-order valence-corrected chi connectivity index (χ3v) is 8.97.